The number of nitriles is 1. The lowest BCUT2D eigenvalue weighted by Crippen LogP contribution is -2.33. The summed E-state index contributed by atoms with van der Waals surface area (Å²) in [6, 6.07) is 12.4. The van der Waals surface area contributed by atoms with Crippen molar-refractivity contribution in [1.82, 2.24) is 9.78 Å². The summed E-state index contributed by atoms with van der Waals surface area (Å²) in [6.45, 7) is 2.78. The first-order valence-corrected chi connectivity index (χ1v) is 10.1. The second-order valence-corrected chi connectivity index (χ2v) is 7.52. The van der Waals surface area contributed by atoms with Crippen LogP contribution in [-0.2, 0) is 0 Å². The fourth-order valence-corrected chi connectivity index (χ4v) is 3.88. The quantitative estimate of drug-likeness (QED) is 0.619. The first-order valence-electron chi connectivity index (χ1n) is 9.71. The first-order chi connectivity index (χ1) is 15.0. The van der Waals surface area contributed by atoms with E-state index in [2.05, 4.69) is 16.1 Å². The van der Waals surface area contributed by atoms with Crippen molar-refractivity contribution in [3.05, 3.63) is 81.2 Å². The maximum Gasteiger partial charge on any atom is 0.292 e. The van der Waals surface area contributed by atoms with Crippen LogP contribution in [0.4, 0.5) is 20.2 Å². The van der Waals surface area contributed by atoms with E-state index in [0.29, 0.717) is 37.0 Å². The molecule has 2 aromatic carbocycles. The van der Waals surface area contributed by atoms with Crippen molar-refractivity contribution < 1.29 is 8.78 Å². The Bertz CT molecular complexity index is 1210. The number of halogens is 3. The molecule has 0 radical (unpaired) electrons. The van der Waals surface area contributed by atoms with Crippen LogP contribution in [-0.4, -0.2) is 36.0 Å². The van der Waals surface area contributed by atoms with Crippen LogP contribution in [0.3, 0.4) is 0 Å². The first kappa shape index (κ1) is 20.8. The number of aromatic nitrogens is 2. The van der Waals surface area contributed by atoms with Crippen LogP contribution in [0.5, 0.6) is 0 Å². The molecule has 31 heavy (non-hydrogen) atoms. The Morgan fingerprint density at radius 3 is 2.39 bits per heavy atom. The highest BCUT2D eigenvalue weighted by molar-refractivity contribution is 6.33. The van der Waals surface area contributed by atoms with Crippen molar-refractivity contribution in [2.75, 3.05) is 36.0 Å². The fraction of sp³-hybridized carbons (Fsp3) is 0.227. The summed E-state index contributed by atoms with van der Waals surface area (Å²) in [5.74, 6) is -1.64. The zero-order valence-corrected chi connectivity index (χ0v) is 17.2. The highest BCUT2D eigenvalue weighted by Gasteiger charge is 2.21. The molecule has 2 heterocycles. The summed E-state index contributed by atoms with van der Waals surface area (Å²) in [6.07, 6.45) is 2.26. The lowest BCUT2D eigenvalue weighted by atomic mass is 10.2. The standard InChI is InChI=1S/C22H18ClF2N5O/c23-21-20(14-27-30(22(21)31)19-7-4-16(24)12-18(19)25)29-9-1-8-28(10-11-29)17-5-2-15(13-26)3-6-17/h2-7,12,14H,1,8-11H2. The third kappa shape index (κ3) is 4.23. The number of anilines is 2. The van der Waals surface area contributed by atoms with Crippen LogP contribution < -0.4 is 15.4 Å². The molecule has 4 rings (SSSR count). The molecule has 1 aliphatic rings. The minimum atomic E-state index is -0.897. The molecule has 9 heteroatoms. The molecule has 0 amide bonds. The van der Waals surface area contributed by atoms with E-state index in [0.717, 1.165) is 35.5 Å². The molecule has 0 bridgehead atoms. The SMILES string of the molecule is N#Cc1ccc(N2CCCN(c3cnn(-c4ccc(F)cc4F)c(=O)c3Cl)CC2)cc1. The molecule has 0 aliphatic carbocycles. The number of nitrogens with zero attached hydrogens (tertiary/aromatic N) is 5. The van der Waals surface area contributed by atoms with Gasteiger partial charge in [-0.05, 0) is 42.8 Å². The zero-order chi connectivity index (χ0) is 22.0. The van der Waals surface area contributed by atoms with Gasteiger partial charge in [0.25, 0.3) is 5.56 Å². The number of hydrogen-bond donors (Lipinski definition) is 0. The van der Waals surface area contributed by atoms with Crippen LogP contribution in [0.25, 0.3) is 5.69 Å². The molecule has 3 aromatic rings. The van der Waals surface area contributed by atoms with Gasteiger partial charge < -0.3 is 9.80 Å². The Morgan fingerprint density at radius 1 is 0.968 bits per heavy atom. The van der Waals surface area contributed by atoms with Gasteiger partial charge in [0, 0.05) is 37.9 Å². The predicted octanol–water partition coefficient (Wildman–Crippen LogP) is 3.75. The Morgan fingerprint density at radius 2 is 1.68 bits per heavy atom. The van der Waals surface area contributed by atoms with Gasteiger partial charge in [-0.25, -0.2) is 8.78 Å². The average Bonchev–Trinajstić information content (AvgIpc) is 3.02. The monoisotopic (exact) mass is 441 g/mol. The van der Waals surface area contributed by atoms with E-state index in [9.17, 15) is 13.6 Å². The van der Waals surface area contributed by atoms with Gasteiger partial charge >= 0.3 is 0 Å². The summed E-state index contributed by atoms with van der Waals surface area (Å²) >= 11 is 6.35. The minimum absolute atomic E-state index is 0.0643. The second-order valence-electron chi connectivity index (χ2n) is 7.14. The smallest absolute Gasteiger partial charge is 0.292 e. The number of hydrogen-bond acceptors (Lipinski definition) is 5. The van der Waals surface area contributed by atoms with E-state index < -0.39 is 17.2 Å². The van der Waals surface area contributed by atoms with E-state index in [-0.39, 0.29) is 10.7 Å². The number of rotatable bonds is 3. The van der Waals surface area contributed by atoms with Crippen LogP contribution in [0.15, 0.2) is 53.5 Å². The Kier molecular flexibility index (Phi) is 5.87. The Labute approximate surface area is 182 Å². The highest BCUT2D eigenvalue weighted by Crippen LogP contribution is 2.25. The maximum atomic E-state index is 14.1. The lowest BCUT2D eigenvalue weighted by molar-refractivity contribution is 0.570. The van der Waals surface area contributed by atoms with Gasteiger partial charge in [0.15, 0.2) is 5.82 Å². The third-order valence-electron chi connectivity index (χ3n) is 5.24. The molecule has 0 spiro atoms. The molecular formula is C22H18ClF2N5O. The molecule has 1 aromatic heterocycles. The predicted molar refractivity (Wildman–Crippen MR) is 115 cm³/mol. The van der Waals surface area contributed by atoms with Gasteiger partial charge in [0.1, 0.15) is 16.5 Å². The summed E-state index contributed by atoms with van der Waals surface area (Å²) in [7, 11) is 0. The van der Waals surface area contributed by atoms with Crippen molar-refractivity contribution in [2.24, 2.45) is 0 Å². The average molecular weight is 442 g/mol. The van der Waals surface area contributed by atoms with E-state index in [1.54, 1.807) is 12.1 Å². The van der Waals surface area contributed by atoms with Crippen molar-refractivity contribution in [3.63, 3.8) is 0 Å². The van der Waals surface area contributed by atoms with Crippen molar-refractivity contribution >= 4 is 23.0 Å². The van der Waals surface area contributed by atoms with E-state index in [4.69, 9.17) is 16.9 Å². The molecule has 158 valence electrons. The largest absolute Gasteiger partial charge is 0.370 e. The molecule has 0 saturated carbocycles. The normalized spacial score (nSPS) is 14.3. The molecular weight excluding hydrogens is 424 g/mol. The molecule has 6 nitrogen and oxygen atoms in total. The van der Waals surface area contributed by atoms with Gasteiger partial charge in [-0.3, -0.25) is 4.79 Å². The van der Waals surface area contributed by atoms with E-state index >= 15 is 0 Å². The Hall–Kier alpha value is -3.44. The molecule has 1 aliphatic heterocycles. The zero-order valence-electron chi connectivity index (χ0n) is 16.4. The van der Waals surface area contributed by atoms with Crippen LogP contribution >= 0.6 is 11.6 Å². The van der Waals surface area contributed by atoms with Gasteiger partial charge in [0.2, 0.25) is 0 Å². The number of benzene rings is 2. The Balaban J connectivity index is 1.56. The van der Waals surface area contributed by atoms with Gasteiger partial charge in [-0.1, -0.05) is 11.6 Å². The van der Waals surface area contributed by atoms with Gasteiger partial charge in [-0.2, -0.15) is 15.0 Å². The molecule has 1 fully saturated rings. The van der Waals surface area contributed by atoms with Crippen LogP contribution in [0.1, 0.15) is 12.0 Å². The molecule has 0 atom stereocenters. The molecule has 0 unspecified atom stereocenters. The minimum Gasteiger partial charge on any atom is -0.370 e. The summed E-state index contributed by atoms with van der Waals surface area (Å²) in [4.78, 5) is 16.9. The summed E-state index contributed by atoms with van der Waals surface area (Å²) in [5.41, 5.74) is 1.27. The second kappa shape index (κ2) is 8.74. The van der Waals surface area contributed by atoms with Crippen LogP contribution in [0, 0.1) is 23.0 Å². The fourth-order valence-electron chi connectivity index (χ4n) is 3.63. The van der Waals surface area contributed by atoms with E-state index in [1.165, 1.54) is 6.20 Å². The maximum absolute atomic E-state index is 14.1. The van der Waals surface area contributed by atoms with Gasteiger partial charge in [-0.15, -0.1) is 0 Å². The lowest BCUT2D eigenvalue weighted by Gasteiger charge is -2.25. The summed E-state index contributed by atoms with van der Waals surface area (Å²) in [5, 5.41) is 13.0. The third-order valence-corrected chi connectivity index (χ3v) is 5.59. The molecule has 0 N–H and O–H groups in total. The van der Waals surface area contributed by atoms with Crippen LogP contribution in [0.2, 0.25) is 5.02 Å². The van der Waals surface area contributed by atoms with E-state index in [1.807, 2.05) is 17.0 Å². The van der Waals surface area contributed by atoms with Gasteiger partial charge in [0.05, 0.1) is 23.5 Å². The summed E-state index contributed by atoms with van der Waals surface area (Å²) < 4.78 is 28.1. The van der Waals surface area contributed by atoms with Crippen molar-refractivity contribution in [3.8, 4) is 11.8 Å². The topological polar surface area (TPSA) is 65.2 Å². The molecule has 1 saturated heterocycles. The van der Waals surface area contributed by atoms with Crippen molar-refractivity contribution in [1.29, 1.82) is 5.26 Å². The van der Waals surface area contributed by atoms with Crippen molar-refractivity contribution in [2.45, 2.75) is 6.42 Å². The highest BCUT2D eigenvalue weighted by atomic mass is 35.5.